The molecule has 0 saturated carbocycles. The van der Waals surface area contributed by atoms with Crippen molar-refractivity contribution < 1.29 is 10.2 Å². The molecule has 54 valence electrons. The molecule has 0 aromatic carbocycles. The third kappa shape index (κ3) is 4.18. The third-order valence-corrected chi connectivity index (χ3v) is 1.08. The van der Waals surface area contributed by atoms with Crippen molar-refractivity contribution in [1.82, 2.24) is 0 Å². The minimum absolute atomic E-state index is 0.0451. The van der Waals surface area contributed by atoms with Gasteiger partial charge in [0, 0.05) is 5.41 Å². The van der Waals surface area contributed by atoms with Crippen LogP contribution in [0.5, 0.6) is 0 Å². The Labute approximate surface area is 55.8 Å². The van der Waals surface area contributed by atoms with E-state index in [0.29, 0.717) is 0 Å². The van der Waals surface area contributed by atoms with Crippen molar-refractivity contribution >= 4 is 0 Å². The van der Waals surface area contributed by atoms with Gasteiger partial charge in [-0.2, -0.15) is 0 Å². The lowest BCUT2D eigenvalue weighted by Gasteiger charge is -2.14. The smallest absolute Gasteiger partial charge is 0.0612 e. The Hall–Kier alpha value is -0.340. The zero-order chi connectivity index (χ0) is 7.33. The first-order chi connectivity index (χ1) is 4.12. The second-order valence-corrected chi connectivity index (χ2v) is 2.73. The maximum atomic E-state index is 8.69. The van der Waals surface area contributed by atoms with Gasteiger partial charge in [-0.1, -0.05) is 26.0 Å². The standard InChI is InChI=1S/C7H14O2/c1-7(2,6-9)4-3-5-8/h3-4,8-9H,5-6H2,1-2H3. The normalized spacial score (nSPS) is 12.9. The summed E-state index contributed by atoms with van der Waals surface area (Å²) in [7, 11) is 0. The molecule has 0 aliphatic rings. The molecule has 2 nitrogen and oxygen atoms in total. The van der Waals surface area contributed by atoms with Gasteiger partial charge in [0.1, 0.15) is 0 Å². The van der Waals surface area contributed by atoms with E-state index in [4.69, 9.17) is 10.2 Å². The summed E-state index contributed by atoms with van der Waals surface area (Å²) in [4.78, 5) is 0. The summed E-state index contributed by atoms with van der Waals surface area (Å²) >= 11 is 0. The SMILES string of the molecule is CC(C)(C=CCO)CO. The number of hydrogen-bond acceptors (Lipinski definition) is 2. The highest BCUT2D eigenvalue weighted by Gasteiger charge is 2.09. The van der Waals surface area contributed by atoms with Crippen LogP contribution in [0.3, 0.4) is 0 Å². The molecule has 0 spiro atoms. The molecular formula is C7H14O2. The van der Waals surface area contributed by atoms with Crippen LogP contribution < -0.4 is 0 Å². The van der Waals surface area contributed by atoms with Crippen LogP contribution in [-0.2, 0) is 0 Å². The summed E-state index contributed by atoms with van der Waals surface area (Å²) in [6.07, 6.45) is 3.43. The van der Waals surface area contributed by atoms with Crippen LogP contribution in [0.25, 0.3) is 0 Å². The van der Waals surface area contributed by atoms with Crippen LogP contribution in [0.4, 0.5) is 0 Å². The predicted octanol–water partition coefficient (Wildman–Crippen LogP) is 0.553. The number of aliphatic hydroxyl groups is 2. The van der Waals surface area contributed by atoms with Crippen molar-refractivity contribution in [3.05, 3.63) is 12.2 Å². The third-order valence-electron chi connectivity index (χ3n) is 1.08. The van der Waals surface area contributed by atoms with Gasteiger partial charge in [0.25, 0.3) is 0 Å². The van der Waals surface area contributed by atoms with E-state index in [1.807, 2.05) is 13.8 Å². The molecule has 0 bridgehead atoms. The first-order valence-corrected chi connectivity index (χ1v) is 3.02. The van der Waals surface area contributed by atoms with Crippen molar-refractivity contribution in [1.29, 1.82) is 0 Å². The van der Waals surface area contributed by atoms with E-state index in [9.17, 15) is 0 Å². The van der Waals surface area contributed by atoms with Gasteiger partial charge < -0.3 is 10.2 Å². The lowest BCUT2D eigenvalue weighted by Crippen LogP contribution is -2.12. The Kier molecular flexibility index (Phi) is 3.50. The zero-order valence-corrected chi connectivity index (χ0v) is 5.96. The Morgan fingerprint density at radius 3 is 2.22 bits per heavy atom. The molecule has 0 aliphatic heterocycles. The molecule has 0 amide bonds. The summed E-state index contributed by atoms with van der Waals surface area (Å²) in [5.41, 5.74) is -0.192. The average molecular weight is 130 g/mol. The summed E-state index contributed by atoms with van der Waals surface area (Å²) in [6, 6.07) is 0. The van der Waals surface area contributed by atoms with Crippen molar-refractivity contribution in [2.24, 2.45) is 5.41 Å². The molecule has 0 aliphatic carbocycles. The minimum Gasteiger partial charge on any atom is -0.395 e. The van der Waals surface area contributed by atoms with Crippen LogP contribution in [0.2, 0.25) is 0 Å². The fraction of sp³-hybridized carbons (Fsp3) is 0.714. The van der Waals surface area contributed by atoms with Gasteiger partial charge in [-0.05, 0) is 0 Å². The van der Waals surface area contributed by atoms with Crippen molar-refractivity contribution in [2.45, 2.75) is 13.8 Å². The molecule has 0 aromatic heterocycles. The van der Waals surface area contributed by atoms with Crippen molar-refractivity contribution in [2.75, 3.05) is 13.2 Å². The van der Waals surface area contributed by atoms with E-state index < -0.39 is 0 Å². The Bertz CT molecular complexity index is 95.1. The number of rotatable bonds is 3. The Morgan fingerprint density at radius 1 is 1.33 bits per heavy atom. The Morgan fingerprint density at radius 2 is 1.89 bits per heavy atom. The molecule has 0 rings (SSSR count). The summed E-state index contributed by atoms with van der Waals surface area (Å²) < 4.78 is 0. The number of aliphatic hydroxyl groups excluding tert-OH is 2. The van der Waals surface area contributed by atoms with Crippen LogP contribution in [0.15, 0.2) is 12.2 Å². The van der Waals surface area contributed by atoms with E-state index >= 15 is 0 Å². The molecule has 0 unspecified atom stereocenters. The number of hydrogen-bond donors (Lipinski definition) is 2. The van der Waals surface area contributed by atoms with E-state index in [1.165, 1.54) is 0 Å². The molecular weight excluding hydrogens is 116 g/mol. The predicted molar refractivity (Wildman–Crippen MR) is 37.1 cm³/mol. The molecule has 0 saturated heterocycles. The maximum absolute atomic E-state index is 8.69. The first-order valence-electron chi connectivity index (χ1n) is 3.02. The molecule has 0 aromatic rings. The lowest BCUT2D eigenvalue weighted by atomic mass is 9.95. The molecule has 0 atom stereocenters. The largest absolute Gasteiger partial charge is 0.395 e. The van der Waals surface area contributed by atoms with Crippen LogP contribution >= 0.6 is 0 Å². The van der Waals surface area contributed by atoms with Gasteiger partial charge in [-0.3, -0.25) is 0 Å². The molecule has 2 N–H and O–H groups in total. The molecule has 0 fully saturated rings. The average Bonchev–Trinajstić information content (AvgIpc) is 1.84. The fourth-order valence-corrected chi connectivity index (χ4v) is 0.424. The van der Waals surface area contributed by atoms with Gasteiger partial charge in [0.15, 0.2) is 0 Å². The molecule has 2 heteroatoms. The minimum atomic E-state index is -0.192. The van der Waals surface area contributed by atoms with Crippen LogP contribution in [0, 0.1) is 5.41 Å². The second kappa shape index (κ2) is 3.64. The van der Waals surface area contributed by atoms with E-state index in [2.05, 4.69) is 0 Å². The monoisotopic (exact) mass is 130 g/mol. The van der Waals surface area contributed by atoms with E-state index in [1.54, 1.807) is 12.2 Å². The zero-order valence-electron chi connectivity index (χ0n) is 5.96. The topological polar surface area (TPSA) is 40.5 Å². The van der Waals surface area contributed by atoms with Gasteiger partial charge in [-0.25, -0.2) is 0 Å². The van der Waals surface area contributed by atoms with Gasteiger partial charge in [0.2, 0.25) is 0 Å². The van der Waals surface area contributed by atoms with Crippen LogP contribution in [0.1, 0.15) is 13.8 Å². The van der Waals surface area contributed by atoms with Gasteiger partial charge in [-0.15, -0.1) is 0 Å². The summed E-state index contributed by atoms with van der Waals surface area (Å²) in [5.74, 6) is 0. The second-order valence-electron chi connectivity index (χ2n) is 2.73. The molecule has 0 radical (unpaired) electrons. The highest BCUT2D eigenvalue weighted by atomic mass is 16.3. The van der Waals surface area contributed by atoms with Crippen LogP contribution in [-0.4, -0.2) is 23.4 Å². The summed E-state index contributed by atoms with van der Waals surface area (Å²) in [5, 5.41) is 17.0. The fourth-order valence-electron chi connectivity index (χ4n) is 0.424. The van der Waals surface area contributed by atoms with Crippen molar-refractivity contribution in [3.8, 4) is 0 Å². The van der Waals surface area contributed by atoms with Gasteiger partial charge >= 0.3 is 0 Å². The maximum Gasteiger partial charge on any atom is 0.0612 e. The quantitative estimate of drug-likeness (QED) is 0.548. The van der Waals surface area contributed by atoms with E-state index in [-0.39, 0.29) is 18.6 Å². The first kappa shape index (κ1) is 8.66. The van der Waals surface area contributed by atoms with Crippen molar-refractivity contribution in [3.63, 3.8) is 0 Å². The lowest BCUT2D eigenvalue weighted by molar-refractivity contribution is 0.198. The highest BCUT2D eigenvalue weighted by molar-refractivity contribution is 4.93. The molecule has 9 heavy (non-hydrogen) atoms. The van der Waals surface area contributed by atoms with Gasteiger partial charge in [0.05, 0.1) is 13.2 Å². The molecule has 0 heterocycles. The summed E-state index contributed by atoms with van der Waals surface area (Å²) in [6.45, 7) is 3.96. The van der Waals surface area contributed by atoms with E-state index in [0.717, 1.165) is 0 Å². The highest BCUT2D eigenvalue weighted by Crippen LogP contribution is 2.14. The Balaban J connectivity index is 3.70.